The predicted molar refractivity (Wildman–Crippen MR) is 65.4 cm³/mol. The Bertz CT molecular complexity index is 327. The second-order valence-corrected chi connectivity index (χ2v) is 4.42. The molecular formula is C11H19N5. The lowest BCUT2D eigenvalue weighted by Crippen LogP contribution is -2.49. The van der Waals surface area contributed by atoms with Gasteiger partial charge in [0.05, 0.1) is 12.4 Å². The second kappa shape index (κ2) is 4.65. The minimum atomic E-state index is 0.476. The molecule has 0 amide bonds. The van der Waals surface area contributed by atoms with E-state index in [1.165, 1.54) is 0 Å². The number of nitrogens with two attached hydrogens (primary N) is 1. The van der Waals surface area contributed by atoms with Crippen molar-refractivity contribution >= 4 is 11.6 Å². The Kier molecular flexibility index (Phi) is 3.24. The van der Waals surface area contributed by atoms with Crippen LogP contribution in [0.2, 0.25) is 0 Å². The summed E-state index contributed by atoms with van der Waals surface area (Å²) < 4.78 is 0. The molecule has 2 N–H and O–H groups in total. The fourth-order valence-corrected chi connectivity index (χ4v) is 1.96. The van der Waals surface area contributed by atoms with Gasteiger partial charge in [-0.05, 0) is 13.8 Å². The highest BCUT2D eigenvalue weighted by atomic mass is 15.3. The molecule has 1 aromatic rings. The molecule has 1 fully saturated rings. The number of nitrogen functional groups attached to an aromatic ring is 1. The van der Waals surface area contributed by atoms with Gasteiger partial charge in [-0.1, -0.05) is 0 Å². The van der Waals surface area contributed by atoms with Crippen LogP contribution in [0.4, 0.5) is 11.6 Å². The summed E-state index contributed by atoms with van der Waals surface area (Å²) in [6.45, 7) is 8.67. The molecule has 0 aromatic carbocycles. The van der Waals surface area contributed by atoms with Crippen LogP contribution in [0.5, 0.6) is 0 Å². The second-order valence-electron chi connectivity index (χ2n) is 4.42. The van der Waals surface area contributed by atoms with Crippen LogP contribution in [0, 0.1) is 0 Å². The van der Waals surface area contributed by atoms with Gasteiger partial charge in [0.2, 0.25) is 0 Å². The van der Waals surface area contributed by atoms with Gasteiger partial charge in [0.25, 0.3) is 0 Å². The van der Waals surface area contributed by atoms with Crippen molar-refractivity contribution in [3.63, 3.8) is 0 Å². The quantitative estimate of drug-likeness (QED) is 0.792. The molecule has 0 spiro atoms. The number of hydrogen-bond donors (Lipinski definition) is 1. The van der Waals surface area contributed by atoms with Gasteiger partial charge in [0.15, 0.2) is 0 Å². The van der Waals surface area contributed by atoms with Gasteiger partial charge in [-0.2, -0.15) is 0 Å². The van der Waals surface area contributed by atoms with E-state index in [4.69, 9.17) is 5.73 Å². The van der Waals surface area contributed by atoms with Crippen LogP contribution < -0.4 is 10.6 Å². The lowest BCUT2D eigenvalue weighted by Gasteiger charge is -2.37. The molecule has 0 atom stereocenters. The molecule has 0 saturated carbocycles. The standard InChI is InChI=1S/C11H19N5/c1-9(2)15-3-5-16(6-4-15)11-8-13-10(12)7-14-11/h7-9H,3-6H2,1-2H3,(H2,12,13). The van der Waals surface area contributed by atoms with E-state index in [1.807, 2.05) is 0 Å². The summed E-state index contributed by atoms with van der Waals surface area (Å²) in [7, 11) is 0. The zero-order chi connectivity index (χ0) is 11.5. The lowest BCUT2D eigenvalue weighted by molar-refractivity contribution is 0.209. The SMILES string of the molecule is CC(C)N1CCN(c2cnc(N)cn2)CC1. The smallest absolute Gasteiger partial charge is 0.147 e. The fourth-order valence-electron chi connectivity index (χ4n) is 1.96. The topological polar surface area (TPSA) is 58.3 Å². The van der Waals surface area contributed by atoms with Crippen molar-refractivity contribution in [1.29, 1.82) is 0 Å². The summed E-state index contributed by atoms with van der Waals surface area (Å²) in [6, 6.07) is 0.625. The summed E-state index contributed by atoms with van der Waals surface area (Å²) in [5.41, 5.74) is 5.52. The van der Waals surface area contributed by atoms with Gasteiger partial charge in [0.1, 0.15) is 11.6 Å². The predicted octanol–water partition coefficient (Wildman–Crippen LogP) is 0.589. The molecule has 88 valence electrons. The molecule has 0 aliphatic carbocycles. The zero-order valence-corrected chi connectivity index (χ0v) is 9.93. The van der Waals surface area contributed by atoms with Crippen molar-refractivity contribution in [2.45, 2.75) is 19.9 Å². The molecule has 1 saturated heterocycles. The highest BCUT2D eigenvalue weighted by Crippen LogP contribution is 2.13. The number of rotatable bonds is 2. The van der Waals surface area contributed by atoms with Crippen LogP contribution in [0.3, 0.4) is 0 Å². The van der Waals surface area contributed by atoms with Crippen molar-refractivity contribution in [2.24, 2.45) is 0 Å². The van der Waals surface area contributed by atoms with Gasteiger partial charge < -0.3 is 10.6 Å². The highest BCUT2D eigenvalue weighted by Gasteiger charge is 2.19. The number of anilines is 2. The first kappa shape index (κ1) is 11.1. The van der Waals surface area contributed by atoms with Gasteiger partial charge >= 0.3 is 0 Å². The van der Waals surface area contributed by atoms with E-state index in [9.17, 15) is 0 Å². The third-order valence-corrected chi connectivity index (χ3v) is 3.03. The summed E-state index contributed by atoms with van der Waals surface area (Å²) in [4.78, 5) is 13.1. The third-order valence-electron chi connectivity index (χ3n) is 3.03. The number of hydrogen-bond acceptors (Lipinski definition) is 5. The number of aromatic nitrogens is 2. The molecular weight excluding hydrogens is 202 g/mol. The van der Waals surface area contributed by atoms with Crippen molar-refractivity contribution in [3.05, 3.63) is 12.4 Å². The maximum atomic E-state index is 5.52. The van der Waals surface area contributed by atoms with E-state index in [0.29, 0.717) is 11.9 Å². The normalized spacial score (nSPS) is 18.1. The maximum Gasteiger partial charge on any atom is 0.147 e. The van der Waals surface area contributed by atoms with Gasteiger partial charge in [0, 0.05) is 32.2 Å². The van der Waals surface area contributed by atoms with Gasteiger partial charge in [-0.3, -0.25) is 4.90 Å². The molecule has 2 rings (SSSR count). The van der Waals surface area contributed by atoms with E-state index in [0.717, 1.165) is 32.0 Å². The van der Waals surface area contributed by atoms with Crippen LogP contribution in [0.15, 0.2) is 12.4 Å². The van der Waals surface area contributed by atoms with E-state index in [2.05, 4.69) is 33.6 Å². The van der Waals surface area contributed by atoms with Crippen molar-refractivity contribution in [2.75, 3.05) is 36.8 Å². The molecule has 5 heteroatoms. The third kappa shape index (κ3) is 2.41. The first-order valence-electron chi connectivity index (χ1n) is 5.73. The first-order valence-corrected chi connectivity index (χ1v) is 5.73. The van der Waals surface area contributed by atoms with Crippen LogP contribution in [0.1, 0.15) is 13.8 Å². The van der Waals surface area contributed by atoms with Crippen LogP contribution in [0.25, 0.3) is 0 Å². The van der Waals surface area contributed by atoms with E-state index in [-0.39, 0.29) is 0 Å². The first-order chi connectivity index (χ1) is 7.66. The van der Waals surface area contributed by atoms with E-state index in [1.54, 1.807) is 12.4 Å². The average molecular weight is 221 g/mol. The van der Waals surface area contributed by atoms with Crippen molar-refractivity contribution < 1.29 is 0 Å². The van der Waals surface area contributed by atoms with Crippen LogP contribution in [-0.4, -0.2) is 47.1 Å². The molecule has 1 aliphatic rings. The Balaban J connectivity index is 1.96. The largest absolute Gasteiger partial charge is 0.382 e. The average Bonchev–Trinajstić information content (AvgIpc) is 2.30. The Labute approximate surface area is 96.3 Å². The van der Waals surface area contributed by atoms with Crippen molar-refractivity contribution in [3.8, 4) is 0 Å². The van der Waals surface area contributed by atoms with Crippen LogP contribution in [-0.2, 0) is 0 Å². The summed E-state index contributed by atoms with van der Waals surface area (Å²) in [5, 5.41) is 0. The summed E-state index contributed by atoms with van der Waals surface area (Å²) in [5.74, 6) is 1.40. The Morgan fingerprint density at radius 2 is 1.81 bits per heavy atom. The van der Waals surface area contributed by atoms with Gasteiger partial charge in [-0.15, -0.1) is 0 Å². The Morgan fingerprint density at radius 1 is 1.12 bits per heavy atom. The summed E-state index contributed by atoms with van der Waals surface area (Å²) >= 11 is 0. The van der Waals surface area contributed by atoms with Gasteiger partial charge in [-0.25, -0.2) is 9.97 Å². The Hall–Kier alpha value is -1.36. The molecule has 16 heavy (non-hydrogen) atoms. The lowest BCUT2D eigenvalue weighted by atomic mass is 10.2. The zero-order valence-electron chi connectivity index (χ0n) is 9.93. The Morgan fingerprint density at radius 3 is 2.31 bits per heavy atom. The molecule has 5 nitrogen and oxygen atoms in total. The molecule has 1 aromatic heterocycles. The molecule has 2 heterocycles. The highest BCUT2D eigenvalue weighted by molar-refractivity contribution is 5.39. The van der Waals surface area contributed by atoms with Crippen molar-refractivity contribution in [1.82, 2.24) is 14.9 Å². The van der Waals surface area contributed by atoms with Crippen LogP contribution >= 0.6 is 0 Å². The van der Waals surface area contributed by atoms with E-state index >= 15 is 0 Å². The minimum absolute atomic E-state index is 0.476. The molecule has 0 unspecified atom stereocenters. The number of nitrogens with zero attached hydrogens (tertiary/aromatic N) is 4. The van der Waals surface area contributed by atoms with E-state index < -0.39 is 0 Å². The maximum absolute atomic E-state index is 5.52. The number of piperazine rings is 1. The molecule has 0 radical (unpaired) electrons. The molecule has 0 bridgehead atoms. The molecule has 1 aliphatic heterocycles. The monoisotopic (exact) mass is 221 g/mol. The fraction of sp³-hybridized carbons (Fsp3) is 0.636. The minimum Gasteiger partial charge on any atom is -0.382 e. The summed E-state index contributed by atoms with van der Waals surface area (Å²) in [6.07, 6.45) is 3.37.